The van der Waals surface area contributed by atoms with Gasteiger partial charge in [-0.25, -0.2) is 0 Å². The maximum atomic E-state index is 12.6. The van der Waals surface area contributed by atoms with Crippen molar-refractivity contribution < 1.29 is 18.0 Å². The van der Waals surface area contributed by atoms with Crippen molar-refractivity contribution in [3.63, 3.8) is 0 Å². The summed E-state index contributed by atoms with van der Waals surface area (Å²) in [5, 5.41) is 0. The van der Waals surface area contributed by atoms with Gasteiger partial charge in [0.15, 0.2) is 6.54 Å². The first-order chi connectivity index (χ1) is 10.9. The van der Waals surface area contributed by atoms with Gasteiger partial charge in [-0.3, -0.25) is 9.69 Å². The number of amides is 1. The summed E-state index contributed by atoms with van der Waals surface area (Å²) < 4.78 is 37.9. The van der Waals surface area contributed by atoms with Gasteiger partial charge in [0.05, 0.1) is 18.2 Å². The lowest BCUT2D eigenvalue weighted by Crippen LogP contribution is -2.34. The molecule has 118 valence electrons. The van der Waals surface area contributed by atoms with Crippen molar-refractivity contribution in [2.45, 2.75) is 19.0 Å². The molecule has 0 saturated heterocycles. The van der Waals surface area contributed by atoms with Crippen LogP contribution in [0.2, 0.25) is 0 Å². The first kappa shape index (κ1) is 15.5. The van der Waals surface area contributed by atoms with Crippen LogP contribution in [0.4, 0.5) is 18.9 Å². The maximum Gasteiger partial charge on any atom is 0.416 e. The number of hydrogen-bond acceptors (Lipinski definition) is 1. The van der Waals surface area contributed by atoms with Crippen molar-refractivity contribution >= 4 is 11.6 Å². The third-order valence-electron chi connectivity index (χ3n) is 4.05. The van der Waals surface area contributed by atoms with Gasteiger partial charge in [-0.1, -0.05) is 18.2 Å². The predicted molar refractivity (Wildman–Crippen MR) is 82.9 cm³/mol. The number of nitrogens with zero attached hydrogens (tertiary/aromatic N) is 1. The van der Waals surface area contributed by atoms with Crippen LogP contribution in [-0.4, -0.2) is 12.5 Å². The van der Waals surface area contributed by atoms with E-state index in [4.69, 9.17) is 0 Å². The highest BCUT2D eigenvalue weighted by Crippen LogP contribution is 2.34. The third kappa shape index (κ3) is 2.91. The number of alkyl halides is 3. The van der Waals surface area contributed by atoms with Crippen LogP contribution in [0.25, 0.3) is 11.1 Å². The van der Waals surface area contributed by atoms with E-state index in [0.717, 1.165) is 34.5 Å². The second-order valence-electron chi connectivity index (χ2n) is 5.46. The largest absolute Gasteiger partial charge is 0.416 e. The molecular weight excluding hydrogens is 303 g/mol. The standard InChI is InChI=1S/C18H15F3NO/c1-2-22-16-9-5-13(11-14(16)6-10-17(22)23)12-3-7-15(8-4-12)18(19,20)21/h3-5,7-9,11H,1-2,6,10H2/q+1. The molecule has 2 aromatic rings. The van der Waals surface area contributed by atoms with Crippen LogP contribution >= 0.6 is 0 Å². The molecule has 1 amide bonds. The Morgan fingerprint density at radius 2 is 1.65 bits per heavy atom. The molecule has 1 heterocycles. The van der Waals surface area contributed by atoms with E-state index in [-0.39, 0.29) is 5.91 Å². The van der Waals surface area contributed by atoms with E-state index in [0.29, 0.717) is 19.4 Å². The van der Waals surface area contributed by atoms with Crippen LogP contribution in [0, 0.1) is 6.92 Å². The highest BCUT2D eigenvalue weighted by molar-refractivity contribution is 5.97. The summed E-state index contributed by atoms with van der Waals surface area (Å²) in [4.78, 5) is 13.5. The van der Waals surface area contributed by atoms with Gasteiger partial charge in [0.2, 0.25) is 5.91 Å². The summed E-state index contributed by atoms with van der Waals surface area (Å²) >= 11 is 0. The smallest absolute Gasteiger partial charge is 0.274 e. The van der Waals surface area contributed by atoms with Gasteiger partial charge in [-0.05, 0) is 47.4 Å². The molecule has 1 aliphatic heterocycles. The lowest BCUT2D eigenvalue weighted by molar-refractivity contribution is -0.137. The van der Waals surface area contributed by atoms with E-state index in [1.165, 1.54) is 12.1 Å². The molecule has 0 saturated carbocycles. The molecule has 0 aliphatic carbocycles. The summed E-state index contributed by atoms with van der Waals surface area (Å²) in [7, 11) is 0. The number of carbonyl (C=O) groups excluding carboxylic acids is 1. The van der Waals surface area contributed by atoms with E-state index in [9.17, 15) is 18.0 Å². The van der Waals surface area contributed by atoms with Crippen LogP contribution in [0.5, 0.6) is 0 Å². The van der Waals surface area contributed by atoms with Crippen molar-refractivity contribution in [1.29, 1.82) is 0 Å². The molecule has 0 bridgehead atoms. The van der Waals surface area contributed by atoms with E-state index in [1.807, 2.05) is 18.2 Å². The molecule has 3 rings (SSSR count). The number of rotatable bonds is 2. The Balaban J connectivity index is 1.95. The molecule has 0 fully saturated rings. The topological polar surface area (TPSA) is 20.3 Å². The Morgan fingerprint density at radius 1 is 1.00 bits per heavy atom. The van der Waals surface area contributed by atoms with Gasteiger partial charge in [0.25, 0.3) is 0 Å². The Hall–Kier alpha value is -2.43. The lowest BCUT2D eigenvalue weighted by atomic mass is 9.95. The van der Waals surface area contributed by atoms with Gasteiger partial charge in [0.1, 0.15) is 0 Å². The van der Waals surface area contributed by atoms with E-state index in [1.54, 1.807) is 4.90 Å². The van der Waals surface area contributed by atoms with E-state index >= 15 is 0 Å². The Bertz CT molecular complexity index is 735. The molecule has 2 nitrogen and oxygen atoms in total. The van der Waals surface area contributed by atoms with Crippen molar-refractivity contribution in [3.05, 3.63) is 60.5 Å². The fourth-order valence-corrected chi connectivity index (χ4v) is 2.84. The molecule has 0 radical (unpaired) electrons. The van der Waals surface area contributed by atoms with Crippen molar-refractivity contribution in [2.75, 3.05) is 11.4 Å². The van der Waals surface area contributed by atoms with Gasteiger partial charge in [-0.15, -0.1) is 0 Å². The van der Waals surface area contributed by atoms with Crippen LogP contribution < -0.4 is 4.90 Å². The minimum absolute atomic E-state index is 0.0507. The van der Waals surface area contributed by atoms with Crippen LogP contribution in [0.3, 0.4) is 0 Å². The van der Waals surface area contributed by atoms with Gasteiger partial charge in [0, 0.05) is 6.42 Å². The molecular formula is C18H15F3NO+. The van der Waals surface area contributed by atoms with Gasteiger partial charge < -0.3 is 0 Å². The van der Waals surface area contributed by atoms with Gasteiger partial charge in [-0.2, -0.15) is 13.2 Å². The van der Waals surface area contributed by atoms with Crippen LogP contribution in [0.15, 0.2) is 42.5 Å². The molecule has 0 spiro atoms. The highest BCUT2D eigenvalue weighted by atomic mass is 19.4. The minimum atomic E-state index is -4.33. The molecule has 5 heteroatoms. The Labute approximate surface area is 132 Å². The summed E-state index contributed by atoms with van der Waals surface area (Å²) in [6.45, 7) is 4.14. The number of aryl methyl sites for hydroxylation is 1. The second-order valence-corrected chi connectivity index (χ2v) is 5.46. The lowest BCUT2D eigenvalue weighted by Gasteiger charge is -2.26. The predicted octanol–water partition coefficient (Wildman–Crippen LogP) is 4.49. The summed E-state index contributed by atoms with van der Waals surface area (Å²) in [6, 6.07) is 10.7. The second kappa shape index (κ2) is 5.65. The molecule has 0 N–H and O–H groups in total. The zero-order valence-corrected chi connectivity index (χ0v) is 12.4. The quantitative estimate of drug-likeness (QED) is 0.747. The van der Waals surface area contributed by atoms with E-state index in [2.05, 4.69) is 6.92 Å². The first-order valence-corrected chi connectivity index (χ1v) is 7.30. The average molecular weight is 318 g/mol. The van der Waals surface area contributed by atoms with Crippen molar-refractivity contribution in [1.82, 2.24) is 0 Å². The van der Waals surface area contributed by atoms with Gasteiger partial charge >= 0.3 is 6.18 Å². The Kier molecular flexibility index (Phi) is 3.80. The molecule has 1 aliphatic rings. The molecule has 2 aromatic carbocycles. The highest BCUT2D eigenvalue weighted by Gasteiger charge is 2.30. The number of hydrogen-bond donors (Lipinski definition) is 0. The summed E-state index contributed by atoms with van der Waals surface area (Å²) in [6.07, 6.45) is -3.26. The fraction of sp³-hybridized carbons (Fsp3) is 0.222. The molecule has 0 atom stereocenters. The summed E-state index contributed by atoms with van der Waals surface area (Å²) in [5.41, 5.74) is 2.76. The minimum Gasteiger partial charge on any atom is -0.274 e. The number of benzene rings is 2. The zero-order chi connectivity index (χ0) is 16.6. The number of carbonyl (C=O) groups is 1. The first-order valence-electron chi connectivity index (χ1n) is 7.30. The number of halogens is 3. The Morgan fingerprint density at radius 3 is 2.26 bits per heavy atom. The van der Waals surface area contributed by atoms with Crippen molar-refractivity contribution in [3.8, 4) is 11.1 Å². The summed E-state index contributed by atoms with van der Waals surface area (Å²) in [5.74, 6) is 0.0507. The van der Waals surface area contributed by atoms with Crippen LogP contribution in [0.1, 0.15) is 17.5 Å². The number of anilines is 1. The van der Waals surface area contributed by atoms with E-state index < -0.39 is 11.7 Å². The van der Waals surface area contributed by atoms with Crippen molar-refractivity contribution in [2.24, 2.45) is 0 Å². The monoisotopic (exact) mass is 318 g/mol. The fourth-order valence-electron chi connectivity index (χ4n) is 2.84. The average Bonchev–Trinajstić information content (AvgIpc) is 2.54. The molecule has 0 aromatic heterocycles. The molecule has 23 heavy (non-hydrogen) atoms. The van der Waals surface area contributed by atoms with Crippen LogP contribution in [-0.2, 0) is 17.4 Å². The SMILES string of the molecule is [CH2+]CN1C(=O)CCc2cc(-c3ccc(C(F)(F)F)cc3)ccc21. The molecule has 0 unspecified atom stereocenters. The third-order valence-corrected chi connectivity index (χ3v) is 4.05. The number of fused-ring (bicyclic) bond motifs is 1. The normalized spacial score (nSPS) is 14.7. The maximum absolute atomic E-state index is 12.6. The zero-order valence-electron chi connectivity index (χ0n) is 12.4.